The molecule has 0 saturated heterocycles. The summed E-state index contributed by atoms with van der Waals surface area (Å²) in [6.45, 7) is 3.80. The van der Waals surface area contributed by atoms with Gasteiger partial charge in [-0.15, -0.1) is 11.6 Å². The number of hydrogen-bond acceptors (Lipinski definition) is 3. The first-order chi connectivity index (χ1) is 8.60. The van der Waals surface area contributed by atoms with Gasteiger partial charge in [-0.2, -0.15) is 0 Å². The molecule has 0 spiro atoms. The van der Waals surface area contributed by atoms with Crippen LogP contribution < -0.4 is 5.73 Å². The van der Waals surface area contributed by atoms with Crippen molar-refractivity contribution in [2.75, 3.05) is 5.88 Å². The summed E-state index contributed by atoms with van der Waals surface area (Å²) in [5, 5.41) is 0. The molecular formula is C13H14ClN3O. The molecule has 2 N–H and O–H groups in total. The second kappa shape index (κ2) is 5.23. The van der Waals surface area contributed by atoms with Gasteiger partial charge in [-0.1, -0.05) is 6.07 Å². The van der Waals surface area contributed by atoms with Crippen LogP contribution in [0, 0.1) is 13.8 Å². The van der Waals surface area contributed by atoms with E-state index in [0.717, 1.165) is 22.7 Å². The average Bonchev–Trinajstić information content (AvgIpc) is 2.70. The molecule has 18 heavy (non-hydrogen) atoms. The third kappa shape index (κ3) is 2.71. The standard InChI is InChI=1S/C13H14ClN3O/c1-8-9(2)18-13(16-8)10-4-3-5-11(6-10)17-12(15)7-14/h3-6H,7H2,1-2H3,(H2,15,17). The zero-order valence-corrected chi connectivity index (χ0v) is 11.0. The molecule has 1 aromatic carbocycles. The van der Waals surface area contributed by atoms with Gasteiger partial charge in [-0.25, -0.2) is 9.98 Å². The predicted octanol–water partition coefficient (Wildman–Crippen LogP) is 3.19. The van der Waals surface area contributed by atoms with Crippen molar-refractivity contribution in [3.63, 3.8) is 0 Å². The summed E-state index contributed by atoms with van der Waals surface area (Å²) in [5.74, 6) is 2.00. The first-order valence-electron chi connectivity index (χ1n) is 5.53. The van der Waals surface area contributed by atoms with Crippen LogP contribution in [-0.2, 0) is 0 Å². The zero-order chi connectivity index (χ0) is 13.1. The fourth-order valence-electron chi connectivity index (χ4n) is 1.50. The normalized spacial score (nSPS) is 11.8. The van der Waals surface area contributed by atoms with Crippen molar-refractivity contribution < 1.29 is 4.42 Å². The molecule has 0 radical (unpaired) electrons. The van der Waals surface area contributed by atoms with E-state index in [2.05, 4.69) is 9.98 Å². The Hall–Kier alpha value is -1.81. The summed E-state index contributed by atoms with van der Waals surface area (Å²) in [4.78, 5) is 8.53. The van der Waals surface area contributed by atoms with Gasteiger partial charge in [0, 0.05) is 5.56 Å². The average molecular weight is 264 g/mol. The highest BCUT2D eigenvalue weighted by atomic mass is 35.5. The van der Waals surface area contributed by atoms with Crippen LogP contribution in [0.1, 0.15) is 11.5 Å². The van der Waals surface area contributed by atoms with Crippen molar-refractivity contribution in [2.45, 2.75) is 13.8 Å². The Morgan fingerprint density at radius 3 is 2.83 bits per heavy atom. The number of aryl methyl sites for hydroxylation is 2. The van der Waals surface area contributed by atoms with E-state index in [4.69, 9.17) is 21.8 Å². The van der Waals surface area contributed by atoms with Gasteiger partial charge in [0.2, 0.25) is 5.89 Å². The molecule has 0 aliphatic carbocycles. The maximum absolute atomic E-state index is 5.60. The monoisotopic (exact) mass is 263 g/mol. The first kappa shape index (κ1) is 12.6. The van der Waals surface area contributed by atoms with Crippen molar-refractivity contribution in [1.29, 1.82) is 0 Å². The lowest BCUT2D eigenvalue weighted by atomic mass is 10.2. The highest BCUT2D eigenvalue weighted by Crippen LogP contribution is 2.25. The third-order valence-corrected chi connectivity index (χ3v) is 2.81. The number of alkyl halides is 1. The summed E-state index contributed by atoms with van der Waals surface area (Å²) in [5.41, 5.74) is 8.09. The fourth-order valence-corrected chi connectivity index (χ4v) is 1.56. The molecule has 4 nitrogen and oxygen atoms in total. The number of amidine groups is 1. The maximum Gasteiger partial charge on any atom is 0.226 e. The molecule has 1 aromatic heterocycles. The van der Waals surface area contributed by atoms with Crippen LogP contribution in [0.3, 0.4) is 0 Å². The van der Waals surface area contributed by atoms with Gasteiger partial charge in [0.25, 0.3) is 0 Å². The number of nitrogens with zero attached hydrogens (tertiary/aromatic N) is 2. The van der Waals surface area contributed by atoms with E-state index < -0.39 is 0 Å². The van der Waals surface area contributed by atoms with Crippen LogP contribution in [0.15, 0.2) is 33.7 Å². The van der Waals surface area contributed by atoms with E-state index in [0.29, 0.717) is 11.7 Å². The van der Waals surface area contributed by atoms with E-state index >= 15 is 0 Å². The van der Waals surface area contributed by atoms with E-state index in [9.17, 15) is 0 Å². The molecule has 2 aromatic rings. The highest BCUT2D eigenvalue weighted by molar-refractivity contribution is 6.28. The molecule has 0 amide bonds. The molecule has 0 saturated carbocycles. The quantitative estimate of drug-likeness (QED) is 0.525. The Morgan fingerprint density at radius 1 is 1.44 bits per heavy atom. The van der Waals surface area contributed by atoms with Gasteiger partial charge in [0.1, 0.15) is 11.6 Å². The number of hydrogen-bond donors (Lipinski definition) is 1. The fraction of sp³-hybridized carbons (Fsp3) is 0.231. The molecule has 0 atom stereocenters. The van der Waals surface area contributed by atoms with Crippen LogP contribution in [0.5, 0.6) is 0 Å². The highest BCUT2D eigenvalue weighted by Gasteiger charge is 2.08. The lowest BCUT2D eigenvalue weighted by Crippen LogP contribution is -2.12. The SMILES string of the molecule is Cc1nc(-c2cccc(N=C(N)CCl)c2)oc1C. The van der Waals surface area contributed by atoms with Gasteiger partial charge in [0.15, 0.2) is 0 Å². The van der Waals surface area contributed by atoms with Gasteiger partial charge in [0.05, 0.1) is 17.3 Å². The van der Waals surface area contributed by atoms with Crippen LogP contribution in [-0.4, -0.2) is 16.7 Å². The number of oxazole rings is 1. The van der Waals surface area contributed by atoms with E-state index in [-0.39, 0.29) is 5.88 Å². The second-order valence-corrected chi connectivity index (χ2v) is 4.21. The second-order valence-electron chi connectivity index (χ2n) is 3.95. The molecule has 2 rings (SSSR count). The van der Waals surface area contributed by atoms with Crippen LogP contribution in [0.2, 0.25) is 0 Å². The van der Waals surface area contributed by atoms with E-state index in [1.54, 1.807) is 0 Å². The smallest absolute Gasteiger partial charge is 0.226 e. The van der Waals surface area contributed by atoms with Crippen molar-refractivity contribution in [2.24, 2.45) is 10.7 Å². The van der Waals surface area contributed by atoms with E-state index in [1.807, 2.05) is 38.1 Å². The minimum absolute atomic E-state index is 0.210. The van der Waals surface area contributed by atoms with Gasteiger partial charge >= 0.3 is 0 Å². The lowest BCUT2D eigenvalue weighted by Gasteiger charge is -1.99. The third-order valence-electron chi connectivity index (χ3n) is 2.53. The number of nitrogens with two attached hydrogens (primary N) is 1. The van der Waals surface area contributed by atoms with Gasteiger partial charge in [-0.3, -0.25) is 0 Å². The molecule has 0 aliphatic heterocycles. The summed E-state index contributed by atoms with van der Waals surface area (Å²) < 4.78 is 5.57. The summed E-state index contributed by atoms with van der Waals surface area (Å²) >= 11 is 5.60. The Balaban J connectivity index is 2.38. The molecule has 0 unspecified atom stereocenters. The number of aromatic nitrogens is 1. The Morgan fingerprint density at radius 2 is 2.22 bits per heavy atom. The molecule has 0 fully saturated rings. The van der Waals surface area contributed by atoms with Crippen LogP contribution in [0.25, 0.3) is 11.5 Å². The van der Waals surface area contributed by atoms with Crippen LogP contribution in [0.4, 0.5) is 5.69 Å². The molecule has 5 heteroatoms. The first-order valence-corrected chi connectivity index (χ1v) is 6.07. The summed E-state index contributed by atoms with van der Waals surface area (Å²) in [7, 11) is 0. The molecule has 0 bridgehead atoms. The van der Waals surface area contributed by atoms with Gasteiger partial charge in [-0.05, 0) is 32.0 Å². The van der Waals surface area contributed by atoms with Crippen LogP contribution >= 0.6 is 11.6 Å². The predicted molar refractivity (Wildman–Crippen MR) is 73.4 cm³/mol. The number of aliphatic imine (C=N–C) groups is 1. The molecule has 0 aliphatic rings. The molecule has 1 heterocycles. The Bertz CT molecular complexity index is 570. The van der Waals surface area contributed by atoms with Crippen molar-refractivity contribution >= 4 is 23.1 Å². The van der Waals surface area contributed by atoms with Crippen molar-refractivity contribution in [3.05, 3.63) is 35.7 Å². The Kier molecular flexibility index (Phi) is 3.67. The molecular weight excluding hydrogens is 250 g/mol. The molecule has 94 valence electrons. The Labute approximate surface area is 111 Å². The number of halogens is 1. The minimum atomic E-state index is 0.210. The topological polar surface area (TPSA) is 64.4 Å². The number of benzene rings is 1. The summed E-state index contributed by atoms with van der Waals surface area (Å²) in [6, 6.07) is 7.51. The largest absolute Gasteiger partial charge is 0.441 e. The number of rotatable bonds is 3. The van der Waals surface area contributed by atoms with Crippen molar-refractivity contribution in [1.82, 2.24) is 4.98 Å². The van der Waals surface area contributed by atoms with E-state index in [1.165, 1.54) is 0 Å². The lowest BCUT2D eigenvalue weighted by molar-refractivity contribution is 0.541. The zero-order valence-electron chi connectivity index (χ0n) is 10.3. The minimum Gasteiger partial charge on any atom is -0.441 e. The summed E-state index contributed by atoms with van der Waals surface area (Å²) in [6.07, 6.45) is 0. The maximum atomic E-state index is 5.60. The van der Waals surface area contributed by atoms with Gasteiger partial charge < -0.3 is 10.2 Å². The van der Waals surface area contributed by atoms with Crippen molar-refractivity contribution in [3.8, 4) is 11.5 Å².